The van der Waals surface area contributed by atoms with Gasteiger partial charge >= 0.3 is 0 Å². The Morgan fingerprint density at radius 2 is 1.86 bits per heavy atom. The maximum atomic E-state index is 11.9. The monoisotopic (exact) mass is 354 g/mol. The molecule has 0 fully saturated rings. The van der Waals surface area contributed by atoms with E-state index in [0.717, 1.165) is 22.5 Å². The second-order valence-electron chi connectivity index (χ2n) is 5.05. The molecule has 0 unspecified atom stereocenters. The van der Waals surface area contributed by atoms with Crippen LogP contribution in [-0.4, -0.2) is 40.3 Å². The first-order valence-corrected chi connectivity index (χ1v) is 10.2. The summed E-state index contributed by atoms with van der Waals surface area (Å²) in [6.07, 6.45) is 1.40. The van der Waals surface area contributed by atoms with Crippen molar-refractivity contribution in [2.45, 2.75) is 29.2 Å². The maximum Gasteiger partial charge on any atom is 0.247 e. The van der Waals surface area contributed by atoms with Crippen molar-refractivity contribution >= 4 is 37.1 Å². The third kappa shape index (κ3) is 4.50. The molecule has 0 aliphatic carbocycles. The van der Waals surface area contributed by atoms with Crippen molar-refractivity contribution in [1.82, 2.24) is 5.32 Å². The van der Waals surface area contributed by atoms with Gasteiger partial charge in [0.2, 0.25) is 15.9 Å². The van der Waals surface area contributed by atoms with Crippen LogP contribution in [0.5, 0.6) is 0 Å². The Hall–Kier alpha value is -0.970. The average Bonchev–Trinajstić information content (AvgIpc) is 2.75. The zero-order valence-corrected chi connectivity index (χ0v) is 14.4. The molecule has 1 heterocycles. The summed E-state index contributed by atoms with van der Waals surface area (Å²) in [5.41, 5.74) is 0. The van der Waals surface area contributed by atoms with E-state index in [1.807, 2.05) is 0 Å². The van der Waals surface area contributed by atoms with Crippen LogP contribution in [0.25, 0.3) is 0 Å². The van der Waals surface area contributed by atoms with E-state index in [0.29, 0.717) is 6.42 Å². The Bertz CT molecular complexity index is 732. The minimum absolute atomic E-state index is 0.0558. The van der Waals surface area contributed by atoms with Gasteiger partial charge in [-0.05, 0) is 32.4 Å². The Kier molecular flexibility index (Phi) is 5.19. The van der Waals surface area contributed by atoms with Gasteiger partial charge in [-0.15, -0.1) is 11.3 Å². The molecule has 0 saturated carbocycles. The predicted octanol–water partition coefficient (Wildman–Crippen LogP) is -0.123. The number of thiophene rings is 1. The quantitative estimate of drug-likeness (QED) is 0.737. The molecule has 1 aromatic heterocycles. The van der Waals surface area contributed by atoms with E-state index in [1.54, 1.807) is 6.07 Å². The van der Waals surface area contributed by atoms with E-state index in [1.165, 1.54) is 19.9 Å². The van der Waals surface area contributed by atoms with Crippen molar-refractivity contribution in [2.75, 3.05) is 12.8 Å². The number of nitrogens with one attached hydrogen (secondary N) is 1. The van der Waals surface area contributed by atoms with Crippen molar-refractivity contribution < 1.29 is 21.6 Å². The Morgan fingerprint density at radius 1 is 1.29 bits per heavy atom. The number of sulfone groups is 1. The molecule has 0 radical (unpaired) electrons. The summed E-state index contributed by atoms with van der Waals surface area (Å²) < 4.78 is 43.8. The molecule has 21 heavy (non-hydrogen) atoms. The molecule has 0 bridgehead atoms. The lowest BCUT2D eigenvalue weighted by Crippen LogP contribution is -2.48. The third-order valence-corrected chi connectivity index (χ3v) is 7.67. The van der Waals surface area contributed by atoms with Crippen LogP contribution < -0.4 is 10.5 Å². The Balaban J connectivity index is 2.63. The normalized spacial score (nSPS) is 13.1. The number of hydrogen-bond acceptors (Lipinski definition) is 6. The maximum absolute atomic E-state index is 11.9. The van der Waals surface area contributed by atoms with Gasteiger partial charge in [-0.3, -0.25) is 4.79 Å². The molecule has 1 rings (SSSR count). The van der Waals surface area contributed by atoms with Crippen molar-refractivity contribution in [3.8, 4) is 0 Å². The molecule has 10 heteroatoms. The molecule has 1 aromatic rings. The van der Waals surface area contributed by atoms with Gasteiger partial charge in [0, 0.05) is 17.7 Å². The fraction of sp³-hybridized carbons (Fsp3) is 0.545. The summed E-state index contributed by atoms with van der Waals surface area (Å²) in [5.74, 6) is -0.590. The first kappa shape index (κ1) is 18.1. The van der Waals surface area contributed by atoms with Crippen LogP contribution in [0.1, 0.15) is 18.7 Å². The molecule has 1 amide bonds. The summed E-state index contributed by atoms with van der Waals surface area (Å²) in [6, 6.07) is 3.01. The minimum Gasteiger partial charge on any atom is -0.354 e. The third-order valence-electron chi connectivity index (χ3n) is 3.05. The molecule has 7 nitrogen and oxygen atoms in total. The van der Waals surface area contributed by atoms with E-state index in [2.05, 4.69) is 5.32 Å². The van der Waals surface area contributed by atoms with E-state index in [4.69, 9.17) is 5.14 Å². The second kappa shape index (κ2) is 6.03. The molecule has 120 valence electrons. The van der Waals surface area contributed by atoms with Crippen LogP contribution in [0.15, 0.2) is 16.3 Å². The van der Waals surface area contributed by atoms with E-state index < -0.39 is 30.5 Å². The zero-order chi connectivity index (χ0) is 16.5. The van der Waals surface area contributed by atoms with Crippen LogP contribution in [0.4, 0.5) is 0 Å². The molecule has 0 spiro atoms. The van der Waals surface area contributed by atoms with E-state index in [9.17, 15) is 21.6 Å². The molecule has 0 atom stereocenters. The smallest absolute Gasteiger partial charge is 0.247 e. The van der Waals surface area contributed by atoms with Gasteiger partial charge in [0.1, 0.15) is 8.96 Å². The number of carbonyl (C=O) groups excluding carboxylic acids is 1. The number of hydrogen-bond donors (Lipinski definition) is 2. The first-order chi connectivity index (χ1) is 9.35. The van der Waals surface area contributed by atoms with Gasteiger partial charge in [0.15, 0.2) is 9.84 Å². The van der Waals surface area contributed by atoms with Crippen LogP contribution in [-0.2, 0) is 31.1 Å². The average molecular weight is 354 g/mol. The zero-order valence-electron chi connectivity index (χ0n) is 11.9. The number of primary sulfonamides is 1. The number of sulfonamides is 1. The first-order valence-electron chi connectivity index (χ1n) is 5.95. The summed E-state index contributed by atoms with van der Waals surface area (Å²) in [4.78, 5) is 12.6. The van der Waals surface area contributed by atoms with E-state index in [-0.39, 0.29) is 10.8 Å². The molecule has 0 aromatic carbocycles. The van der Waals surface area contributed by atoms with Crippen LogP contribution in [0.3, 0.4) is 0 Å². The minimum atomic E-state index is -3.71. The number of nitrogens with two attached hydrogens (primary N) is 1. The highest BCUT2D eigenvalue weighted by Gasteiger charge is 2.38. The lowest BCUT2D eigenvalue weighted by Gasteiger charge is -2.21. The SMILES string of the molecule is CC(C)(C(=O)NCCc1ccc(S(N)(=O)=O)s1)S(C)(=O)=O. The standard InChI is InChI=1S/C11H18N2O5S3/c1-11(2,20(3,15)16)10(14)13-7-6-8-4-5-9(19-8)21(12,17)18/h4-5H,6-7H2,1-3H3,(H,13,14)(H2,12,17,18). The Labute approximate surface area is 128 Å². The van der Waals surface area contributed by atoms with Crippen molar-refractivity contribution in [1.29, 1.82) is 0 Å². The molecule has 3 N–H and O–H groups in total. The highest BCUT2D eigenvalue weighted by Crippen LogP contribution is 2.20. The van der Waals surface area contributed by atoms with Gasteiger partial charge in [0.05, 0.1) is 0 Å². The van der Waals surface area contributed by atoms with E-state index >= 15 is 0 Å². The lowest BCUT2D eigenvalue weighted by molar-refractivity contribution is -0.122. The summed E-state index contributed by atoms with van der Waals surface area (Å²) in [6.45, 7) is 2.88. The molecule has 0 aliphatic heterocycles. The molecular weight excluding hydrogens is 336 g/mol. The van der Waals surface area contributed by atoms with Crippen LogP contribution >= 0.6 is 11.3 Å². The summed E-state index contributed by atoms with van der Waals surface area (Å²) in [5, 5.41) is 7.53. The fourth-order valence-electron chi connectivity index (χ4n) is 1.33. The summed E-state index contributed by atoms with van der Waals surface area (Å²) >= 11 is 1.02. The van der Waals surface area contributed by atoms with Crippen molar-refractivity contribution in [2.24, 2.45) is 5.14 Å². The number of carbonyl (C=O) groups is 1. The largest absolute Gasteiger partial charge is 0.354 e. The fourth-order valence-corrected chi connectivity index (χ4v) is 3.51. The Morgan fingerprint density at radius 3 is 2.29 bits per heavy atom. The van der Waals surface area contributed by atoms with Gasteiger partial charge in [-0.1, -0.05) is 0 Å². The van der Waals surface area contributed by atoms with Gasteiger partial charge in [0.25, 0.3) is 0 Å². The molecular formula is C11H18N2O5S3. The van der Waals surface area contributed by atoms with Crippen molar-refractivity contribution in [3.05, 3.63) is 17.0 Å². The number of rotatable bonds is 6. The van der Waals surface area contributed by atoms with Crippen LogP contribution in [0, 0.1) is 0 Å². The topological polar surface area (TPSA) is 123 Å². The number of amides is 1. The molecule has 0 saturated heterocycles. The van der Waals surface area contributed by atoms with Gasteiger partial charge in [-0.2, -0.15) is 0 Å². The predicted molar refractivity (Wildman–Crippen MR) is 81.3 cm³/mol. The highest BCUT2D eigenvalue weighted by molar-refractivity contribution is 7.92. The van der Waals surface area contributed by atoms with Crippen molar-refractivity contribution in [3.63, 3.8) is 0 Å². The van der Waals surface area contributed by atoms with Gasteiger partial charge < -0.3 is 5.32 Å². The second-order valence-corrected chi connectivity index (χ2v) is 10.6. The summed E-state index contributed by atoms with van der Waals surface area (Å²) in [7, 11) is -7.23. The van der Waals surface area contributed by atoms with Crippen LogP contribution in [0.2, 0.25) is 0 Å². The highest BCUT2D eigenvalue weighted by atomic mass is 32.2. The molecule has 0 aliphatic rings. The lowest BCUT2D eigenvalue weighted by atomic mass is 10.2. The van der Waals surface area contributed by atoms with Gasteiger partial charge in [-0.25, -0.2) is 22.0 Å².